The maximum absolute atomic E-state index is 13.4. The predicted molar refractivity (Wildman–Crippen MR) is 118 cm³/mol. The molecule has 0 unspecified atom stereocenters. The Bertz CT molecular complexity index is 1020. The lowest BCUT2D eigenvalue weighted by atomic mass is 9.97. The number of hydrogen-bond acceptors (Lipinski definition) is 4. The lowest BCUT2D eigenvalue weighted by molar-refractivity contribution is -0.119. The molecule has 0 aromatic heterocycles. The highest BCUT2D eigenvalue weighted by atomic mass is 32.2. The van der Waals surface area contributed by atoms with Crippen molar-refractivity contribution < 1.29 is 22.3 Å². The minimum atomic E-state index is -4.05. The molecule has 1 N–H and O–H groups in total. The number of halogens is 1. The van der Waals surface area contributed by atoms with E-state index in [2.05, 4.69) is 11.4 Å². The number of anilines is 1. The predicted octanol–water partition coefficient (Wildman–Crippen LogP) is 4.04. The van der Waals surface area contributed by atoms with E-state index in [0.717, 1.165) is 30.0 Å². The molecule has 8 heteroatoms. The number of amides is 1. The largest absolute Gasteiger partial charge is 0.497 e. The molecule has 31 heavy (non-hydrogen) atoms. The summed E-state index contributed by atoms with van der Waals surface area (Å²) >= 11 is 0. The molecule has 1 aliphatic carbocycles. The molecule has 6 nitrogen and oxygen atoms in total. The number of nitrogens with one attached hydrogen (secondary N) is 1. The summed E-state index contributed by atoms with van der Waals surface area (Å²) < 4.78 is 46.0. The molecule has 166 valence electrons. The van der Waals surface area contributed by atoms with E-state index in [4.69, 9.17) is 4.74 Å². The van der Waals surface area contributed by atoms with E-state index < -0.39 is 28.3 Å². The molecule has 1 amide bonds. The first-order chi connectivity index (χ1) is 14.9. The summed E-state index contributed by atoms with van der Waals surface area (Å²) in [5.41, 5.74) is 1.54. The molecule has 0 bridgehead atoms. The van der Waals surface area contributed by atoms with Crippen LogP contribution < -0.4 is 14.4 Å². The van der Waals surface area contributed by atoms with E-state index in [0.29, 0.717) is 12.3 Å². The van der Waals surface area contributed by atoms with Gasteiger partial charge in [0, 0.05) is 6.54 Å². The molecule has 0 heterocycles. The number of carbonyl (C=O) groups is 1. The Labute approximate surface area is 182 Å². The van der Waals surface area contributed by atoms with Crippen molar-refractivity contribution in [3.05, 3.63) is 66.0 Å². The van der Waals surface area contributed by atoms with Crippen LogP contribution in [0.3, 0.4) is 0 Å². The second-order valence-corrected chi connectivity index (χ2v) is 9.23. The van der Waals surface area contributed by atoms with Gasteiger partial charge in [0.25, 0.3) is 10.0 Å². The second kappa shape index (κ2) is 10.4. The summed E-state index contributed by atoms with van der Waals surface area (Å²) in [5, 5.41) is 2.80. The zero-order chi connectivity index (χ0) is 22.3. The van der Waals surface area contributed by atoms with Gasteiger partial charge in [-0.25, -0.2) is 12.8 Å². The highest BCUT2D eigenvalue weighted by Gasteiger charge is 2.27. The van der Waals surface area contributed by atoms with Crippen LogP contribution in [0.25, 0.3) is 0 Å². The number of ether oxygens (including phenoxy) is 1. The molecule has 2 aromatic carbocycles. The Kier molecular flexibility index (Phi) is 7.68. The number of rotatable bonds is 9. The van der Waals surface area contributed by atoms with Crippen LogP contribution in [-0.4, -0.2) is 34.5 Å². The summed E-state index contributed by atoms with van der Waals surface area (Å²) in [5.74, 6) is -0.393. The third kappa shape index (κ3) is 6.07. The van der Waals surface area contributed by atoms with Crippen molar-refractivity contribution in [1.29, 1.82) is 0 Å². The third-order valence-corrected chi connectivity index (χ3v) is 6.99. The first-order valence-corrected chi connectivity index (χ1v) is 11.7. The molecule has 0 atom stereocenters. The van der Waals surface area contributed by atoms with E-state index in [1.807, 2.05) is 0 Å². The summed E-state index contributed by atoms with van der Waals surface area (Å²) in [7, 11) is -2.56. The SMILES string of the molecule is COc1ccc(S(=O)(=O)N(CC(=O)NCCC2=CCCCC2)c2ccc(F)cc2)cc1. The summed E-state index contributed by atoms with van der Waals surface area (Å²) in [6.07, 6.45) is 7.46. The normalized spacial score (nSPS) is 13.9. The van der Waals surface area contributed by atoms with E-state index in [9.17, 15) is 17.6 Å². The van der Waals surface area contributed by atoms with Crippen LogP contribution in [-0.2, 0) is 14.8 Å². The van der Waals surface area contributed by atoms with Crippen LogP contribution in [0.15, 0.2) is 65.1 Å². The first kappa shape index (κ1) is 22.8. The third-order valence-electron chi connectivity index (χ3n) is 5.20. The van der Waals surface area contributed by atoms with Gasteiger partial charge in [-0.1, -0.05) is 11.6 Å². The first-order valence-electron chi connectivity index (χ1n) is 10.3. The van der Waals surface area contributed by atoms with Crippen LogP contribution in [0.2, 0.25) is 0 Å². The zero-order valence-corrected chi connectivity index (χ0v) is 18.3. The average Bonchev–Trinajstić information content (AvgIpc) is 2.79. The quantitative estimate of drug-likeness (QED) is 0.590. The molecule has 1 aliphatic rings. The Morgan fingerprint density at radius 3 is 2.42 bits per heavy atom. The minimum Gasteiger partial charge on any atom is -0.497 e. The summed E-state index contributed by atoms with van der Waals surface area (Å²) in [4.78, 5) is 12.6. The highest BCUT2D eigenvalue weighted by Crippen LogP contribution is 2.25. The maximum atomic E-state index is 13.4. The number of carbonyl (C=O) groups excluding carboxylic acids is 1. The van der Waals surface area contributed by atoms with Gasteiger partial charge in [0.05, 0.1) is 17.7 Å². The number of benzene rings is 2. The van der Waals surface area contributed by atoms with Crippen LogP contribution in [0, 0.1) is 5.82 Å². The van der Waals surface area contributed by atoms with Gasteiger partial charge in [0.1, 0.15) is 18.1 Å². The van der Waals surface area contributed by atoms with Gasteiger partial charge >= 0.3 is 0 Å². The highest BCUT2D eigenvalue weighted by molar-refractivity contribution is 7.92. The van der Waals surface area contributed by atoms with Crippen LogP contribution in [0.4, 0.5) is 10.1 Å². The molecule has 0 saturated heterocycles. The van der Waals surface area contributed by atoms with Gasteiger partial charge in [-0.05, 0) is 80.6 Å². The Balaban J connectivity index is 1.76. The molecule has 2 aromatic rings. The lowest BCUT2D eigenvalue weighted by Gasteiger charge is -2.24. The van der Waals surface area contributed by atoms with Gasteiger partial charge < -0.3 is 10.1 Å². The van der Waals surface area contributed by atoms with E-state index in [1.165, 1.54) is 67.6 Å². The van der Waals surface area contributed by atoms with Crippen LogP contribution in [0.1, 0.15) is 32.1 Å². The topological polar surface area (TPSA) is 75.7 Å². The molecule has 0 saturated carbocycles. The maximum Gasteiger partial charge on any atom is 0.264 e. The van der Waals surface area contributed by atoms with Gasteiger partial charge in [-0.15, -0.1) is 0 Å². The molecule has 0 spiro atoms. The Morgan fingerprint density at radius 1 is 1.10 bits per heavy atom. The molecule has 0 fully saturated rings. The van der Waals surface area contributed by atoms with Crippen molar-refractivity contribution in [2.45, 2.75) is 37.0 Å². The molecule has 0 aliphatic heterocycles. The number of hydrogen-bond donors (Lipinski definition) is 1. The minimum absolute atomic E-state index is 0.0118. The molecular weight excluding hydrogens is 419 g/mol. The van der Waals surface area contributed by atoms with E-state index >= 15 is 0 Å². The van der Waals surface area contributed by atoms with Crippen molar-refractivity contribution in [3.8, 4) is 5.75 Å². The summed E-state index contributed by atoms with van der Waals surface area (Å²) in [6, 6.07) is 10.9. The lowest BCUT2D eigenvalue weighted by Crippen LogP contribution is -2.41. The fourth-order valence-corrected chi connectivity index (χ4v) is 4.90. The smallest absolute Gasteiger partial charge is 0.264 e. The summed E-state index contributed by atoms with van der Waals surface area (Å²) in [6.45, 7) is 0.0452. The second-order valence-electron chi connectivity index (χ2n) is 7.37. The van der Waals surface area contributed by atoms with Gasteiger partial charge in [0.2, 0.25) is 5.91 Å². The average molecular weight is 447 g/mol. The van der Waals surface area contributed by atoms with Crippen LogP contribution in [0.5, 0.6) is 5.75 Å². The monoisotopic (exact) mass is 446 g/mol. The molecule has 0 radical (unpaired) electrons. The van der Waals surface area contributed by atoms with E-state index in [-0.39, 0.29) is 10.6 Å². The number of sulfonamides is 1. The van der Waals surface area contributed by atoms with Crippen molar-refractivity contribution >= 4 is 21.6 Å². The number of methoxy groups -OCH3 is 1. The van der Waals surface area contributed by atoms with Crippen molar-refractivity contribution in [2.75, 3.05) is 24.5 Å². The standard InChI is InChI=1S/C23H27FN2O4S/c1-30-21-11-13-22(14-12-21)31(28,29)26(20-9-7-19(24)8-10-20)17-23(27)25-16-15-18-5-3-2-4-6-18/h5,7-14H,2-4,6,15-17H2,1H3,(H,25,27). The van der Waals surface area contributed by atoms with Crippen molar-refractivity contribution in [2.24, 2.45) is 0 Å². The van der Waals surface area contributed by atoms with Crippen molar-refractivity contribution in [3.63, 3.8) is 0 Å². The fourth-order valence-electron chi connectivity index (χ4n) is 3.48. The van der Waals surface area contributed by atoms with Gasteiger partial charge in [0.15, 0.2) is 0 Å². The Morgan fingerprint density at radius 2 is 1.81 bits per heavy atom. The molecular formula is C23H27FN2O4S. The number of nitrogens with zero attached hydrogens (tertiary/aromatic N) is 1. The fraction of sp³-hybridized carbons (Fsp3) is 0.348. The Hall–Kier alpha value is -2.87. The van der Waals surface area contributed by atoms with Gasteiger partial charge in [-0.2, -0.15) is 0 Å². The van der Waals surface area contributed by atoms with Crippen molar-refractivity contribution in [1.82, 2.24) is 5.32 Å². The van der Waals surface area contributed by atoms with E-state index in [1.54, 1.807) is 0 Å². The van der Waals surface area contributed by atoms with Crippen LogP contribution >= 0.6 is 0 Å². The molecule has 3 rings (SSSR count). The number of allylic oxidation sites excluding steroid dienone is 1. The van der Waals surface area contributed by atoms with Gasteiger partial charge in [-0.3, -0.25) is 9.10 Å². The zero-order valence-electron chi connectivity index (χ0n) is 17.5.